The quantitative estimate of drug-likeness (QED) is 0.829. The van der Waals surface area contributed by atoms with E-state index < -0.39 is 6.10 Å². The van der Waals surface area contributed by atoms with Gasteiger partial charge in [-0.05, 0) is 35.4 Å². The molecule has 0 aliphatic carbocycles. The van der Waals surface area contributed by atoms with Crippen LogP contribution in [-0.4, -0.2) is 24.2 Å². The monoisotopic (exact) mass is 299 g/mol. The summed E-state index contributed by atoms with van der Waals surface area (Å²) < 4.78 is 10.3. The maximum absolute atomic E-state index is 11.7. The van der Waals surface area contributed by atoms with Crippen molar-refractivity contribution in [3.8, 4) is 5.75 Å². The molecule has 1 atom stereocenters. The molecule has 0 fully saturated rings. The molecule has 114 valence electrons. The summed E-state index contributed by atoms with van der Waals surface area (Å²) >= 11 is 0. The van der Waals surface area contributed by atoms with Gasteiger partial charge >= 0.3 is 0 Å². The van der Waals surface area contributed by atoms with E-state index in [4.69, 9.17) is 9.15 Å². The Morgan fingerprint density at radius 3 is 3.14 bits per heavy atom. The molecule has 1 aliphatic heterocycles. The molecular formula is C17H17NO4. The van der Waals surface area contributed by atoms with Gasteiger partial charge in [-0.15, -0.1) is 0 Å². The number of hydrogen-bond donors (Lipinski definition) is 2. The average Bonchev–Trinajstić information content (AvgIpc) is 3.20. The van der Waals surface area contributed by atoms with Crippen LogP contribution in [0.15, 0.2) is 47.3 Å². The number of furan rings is 1. The van der Waals surface area contributed by atoms with Crippen molar-refractivity contribution in [2.75, 3.05) is 13.2 Å². The smallest absolute Gasteiger partial charge is 0.244 e. The third-order valence-corrected chi connectivity index (χ3v) is 3.54. The molecule has 2 heterocycles. The van der Waals surface area contributed by atoms with Gasteiger partial charge in [-0.1, -0.05) is 6.07 Å². The minimum Gasteiger partial charge on any atom is -0.493 e. The molecule has 1 aliphatic rings. The van der Waals surface area contributed by atoms with Crippen molar-refractivity contribution in [3.63, 3.8) is 0 Å². The highest BCUT2D eigenvalue weighted by atomic mass is 16.5. The first-order valence-corrected chi connectivity index (χ1v) is 7.14. The number of aliphatic hydroxyl groups excluding tert-OH is 1. The second-order valence-electron chi connectivity index (χ2n) is 5.12. The van der Waals surface area contributed by atoms with Crippen LogP contribution >= 0.6 is 0 Å². The maximum atomic E-state index is 11.7. The lowest BCUT2D eigenvalue weighted by Gasteiger charge is -2.12. The number of aliphatic hydroxyl groups is 1. The Morgan fingerprint density at radius 2 is 2.32 bits per heavy atom. The summed E-state index contributed by atoms with van der Waals surface area (Å²) in [5.74, 6) is 0.618. The molecule has 2 N–H and O–H groups in total. The number of hydrogen-bond acceptors (Lipinski definition) is 4. The lowest BCUT2D eigenvalue weighted by molar-refractivity contribution is -0.116. The van der Waals surface area contributed by atoms with Crippen molar-refractivity contribution in [1.29, 1.82) is 0 Å². The van der Waals surface area contributed by atoms with E-state index in [2.05, 4.69) is 5.32 Å². The maximum Gasteiger partial charge on any atom is 0.244 e. The van der Waals surface area contributed by atoms with E-state index in [-0.39, 0.29) is 12.5 Å². The molecule has 5 heteroatoms. The van der Waals surface area contributed by atoms with Crippen molar-refractivity contribution in [3.05, 3.63) is 59.6 Å². The van der Waals surface area contributed by atoms with Crippen molar-refractivity contribution >= 4 is 12.0 Å². The normalized spacial score (nSPS) is 14.6. The number of fused-ring (bicyclic) bond motifs is 1. The van der Waals surface area contributed by atoms with Gasteiger partial charge in [-0.2, -0.15) is 0 Å². The van der Waals surface area contributed by atoms with Crippen molar-refractivity contribution in [2.24, 2.45) is 0 Å². The lowest BCUT2D eigenvalue weighted by atomic mass is 10.0. The number of benzene rings is 1. The summed E-state index contributed by atoms with van der Waals surface area (Å²) in [5, 5.41) is 12.8. The summed E-state index contributed by atoms with van der Waals surface area (Å²) in [6.45, 7) is 0.846. The molecule has 0 spiro atoms. The Bertz CT molecular complexity index is 676. The zero-order valence-corrected chi connectivity index (χ0v) is 12.0. The molecular weight excluding hydrogens is 282 g/mol. The molecule has 0 radical (unpaired) electrons. The zero-order valence-electron chi connectivity index (χ0n) is 12.0. The van der Waals surface area contributed by atoms with Gasteiger partial charge in [0.2, 0.25) is 5.91 Å². The zero-order chi connectivity index (χ0) is 15.4. The van der Waals surface area contributed by atoms with E-state index in [9.17, 15) is 9.90 Å². The highest BCUT2D eigenvalue weighted by molar-refractivity contribution is 5.91. The van der Waals surface area contributed by atoms with Crippen LogP contribution in [0.3, 0.4) is 0 Å². The Balaban J connectivity index is 1.53. The molecule has 3 rings (SSSR count). The van der Waals surface area contributed by atoms with Crippen LogP contribution in [-0.2, 0) is 11.2 Å². The minimum absolute atomic E-state index is 0.161. The number of carbonyl (C=O) groups excluding carboxylic acids is 1. The van der Waals surface area contributed by atoms with E-state index >= 15 is 0 Å². The van der Waals surface area contributed by atoms with Crippen molar-refractivity contribution in [2.45, 2.75) is 12.5 Å². The fourth-order valence-electron chi connectivity index (χ4n) is 2.33. The predicted molar refractivity (Wildman–Crippen MR) is 81.4 cm³/mol. The molecule has 5 nitrogen and oxygen atoms in total. The first kappa shape index (κ1) is 14.4. The van der Waals surface area contributed by atoms with Gasteiger partial charge in [0.1, 0.15) is 5.75 Å². The molecule has 1 amide bonds. The highest BCUT2D eigenvalue weighted by Gasteiger charge is 2.15. The third kappa shape index (κ3) is 3.38. The van der Waals surface area contributed by atoms with Gasteiger partial charge in [0, 0.05) is 24.6 Å². The average molecular weight is 299 g/mol. The van der Waals surface area contributed by atoms with Crippen LogP contribution in [0.2, 0.25) is 0 Å². The Kier molecular flexibility index (Phi) is 4.25. The lowest BCUT2D eigenvalue weighted by Crippen LogP contribution is -2.26. The molecule has 0 unspecified atom stereocenters. The van der Waals surface area contributed by atoms with Crippen molar-refractivity contribution in [1.82, 2.24) is 5.32 Å². The van der Waals surface area contributed by atoms with Crippen LogP contribution < -0.4 is 10.1 Å². The van der Waals surface area contributed by atoms with E-state index in [1.165, 1.54) is 6.08 Å². The molecule has 0 saturated carbocycles. The second-order valence-corrected chi connectivity index (χ2v) is 5.12. The van der Waals surface area contributed by atoms with Crippen LogP contribution in [0.4, 0.5) is 0 Å². The van der Waals surface area contributed by atoms with Gasteiger partial charge in [0.25, 0.3) is 0 Å². The molecule has 1 aromatic heterocycles. The van der Waals surface area contributed by atoms with E-state index in [1.807, 2.05) is 18.2 Å². The largest absolute Gasteiger partial charge is 0.493 e. The number of amides is 1. The van der Waals surface area contributed by atoms with Crippen LogP contribution in [0.5, 0.6) is 5.75 Å². The van der Waals surface area contributed by atoms with Gasteiger partial charge < -0.3 is 19.6 Å². The Hall–Kier alpha value is -2.53. The summed E-state index contributed by atoms with van der Waals surface area (Å²) in [6.07, 6.45) is 6.27. The fourth-order valence-corrected chi connectivity index (χ4v) is 2.33. The molecule has 0 saturated heterocycles. The third-order valence-electron chi connectivity index (χ3n) is 3.54. The van der Waals surface area contributed by atoms with Crippen LogP contribution in [0, 0.1) is 0 Å². The predicted octanol–water partition coefficient (Wildman–Crippen LogP) is 2.08. The summed E-state index contributed by atoms with van der Waals surface area (Å²) in [7, 11) is 0. The minimum atomic E-state index is -0.739. The number of rotatable bonds is 5. The van der Waals surface area contributed by atoms with E-state index in [0.717, 1.165) is 28.9 Å². The van der Waals surface area contributed by atoms with Crippen LogP contribution in [0.25, 0.3) is 6.08 Å². The highest BCUT2D eigenvalue weighted by Crippen LogP contribution is 2.27. The number of ether oxygens (including phenoxy) is 1. The van der Waals surface area contributed by atoms with Gasteiger partial charge in [-0.25, -0.2) is 0 Å². The number of carbonyl (C=O) groups is 1. The fraction of sp³-hybridized carbons (Fsp3) is 0.235. The molecule has 22 heavy (non-hydrogen) atoms. The standard InChI is InChI=1S/C17H17NO4/c19-15(13-2-3-16-14(9-13)6-8-22-16)10-18-17(20)4-1-12-5-7-21-11-12/h1-5,7,9,11,15,19H,6,8,10H2,(H,18,20)/b4-1+/t15-/m1/s1. The summed E-state index contributed by atoms with van der Waals surface area (Å²) in [6, 6.07) is 7.37. The topological polar surface area (TPSA) is 71.7 Å². The van der Waals surface area contributed by atoms with Gasteiger partial charge in [0.15, 0.2) is 0 Å². The van der Waals surface area contributed by atoms with Gasteiger partial charge in [0.05, 0.1) is 25.2 Å². The Morgan fingerprint density at radius 1 is 1.41 bits per heavy atom. The van der Waals surface area contributed by atoms with Crippen molar-refractivity contribution < 1.29 is 19.1 Å². The molecule has 1 aromatic carbocycles. The summed E-state index contributed by atoms with van der Waals surface area (Å²) in [5.41, 5.74) is 2.69. The first-order valence-electron chi connectivity index (χ1n) is 7.14. The van der Waals surface area contributed by atoms with Crippen LogP contribution in [0.1, 0.15) is 22.8 Å². The number of nitrogens with one attached hydrogen (secondary N) is 1. The summed E-state index contributed by atoms with van der Waals surface area (Å²) in [4.78, 5) is 11.7. The van der Waals surface area contributed by atoms with E-state index in [1.54, 1.807) is 24.7 Å². The van der Waals surface area contributed by atoms with Gasteiger partial charge in [-0.3, -0.25) is 4.79 Å². The van der Waals surface area contributed by atoms with E-state index in [0.29, 0.717) is 6.61 Å². The molecule has 0 bridgehead atoms. The Labute approximate surface area is 128 Å². The molecule has 2 aromatic rings. The second kappa shape index (κ2) is 6.49. The SMILES string of the molecule is O=C(/C=C/c1ccoc1)NC[C@@H](O)c1ccc2c(c1)CCO2. The first-order chi connectivity index (χ1) is 10.7.